The van der Waals surface area contributed by atoms with Gasteiger partial charge in [0, 0.05) is 6.20 Å². The minimum atomic E-state index is -2.87. The molecule has 1 heterocycles. The average molecular weight is 176 g/mol. The molecule has 0 saturated carbocycles. The van der Waals surface area contributed by atoms with Crippen LogP contribution in [0.25, 0.3) is 0 Å². The van der Waals surface area contributed by atoms with Gasteiger partial charge in [0.25, 0.3) is 6.43 Å². The maximum atomic E-state index is 12.9. The van der Waals surface area contributed by atoms with E-state index in [0.717, 1.165) is 6.20 Å². The van der Waals surface area contributed by atoms with E-state index in [1.54, 1.807) is 0 Å². The lowest BCUT2D eigenvalue weighted by molar-refractivity contribution is 0.146. The number of pyridine rings is 1. The zero-order valence-corrected chi connectivity index (χ0v) is 6.31. The zero-order valence-electron chi connectivity index (χ0n) is 6.31. The number of aryl methyl sites for hydroxylation is 1. The Balaban J connectivity index is 3.27. The van der Waals surface area contributed by atoms with Crippen LogP contribution in [0.3, 0.4) is 0 Å². The van der Waals surface area contributed by atoms with Gasteiger partial charge in [0.1, 0.15) is 0 Å². The van der Waals surface area contributed by atoms with Crippen LogP contribution in [0.2, 0.25) is 0 Å². The van der Waals surface area contributed by atoms with Crippen molar-refractivity contribution in [2.45, 2.75) is 13.3 Å². The Bertz CT molecular complexity index is 299. The summed E-state index contributed by atoms with van der Waals surface area (Å²) < 4.78 is 36.9. The van der Waals surface area contributed by atoms with Crippen molar-refractivity contribution in [1.29, 1.82) is 0 Å². The largest absolute Gasteiger partial charge is 0.395 e. The Hall–Kier alpha value is -1.26. The molecule has 2 nitrogen and oxygen atoms in total. The Morgan fingerprint density at radius 1 is 1.50 bits per heavy atom. The van der Waals surface area contributed by atoms with Crippen molar-refractivity contribution in [3.8, 4) is 0 Å². The van der Waals surface area contributed by atoms with E-state index in [-0.39, 0.29) is 11.4 Å². The molecule has 1 rings (SSSR count). The van der Waals surface area contributed by atoms with E-state index in [2.05, 4.69) is 4.98 Å². The number of alkyl halides is 2. The lowest BCUT2D eigenvalue weighted by atomic mass is 10.2. The summed E-state index contributed by atoms with van der Waals surface area (Å²) in [6.07, 6.45) is -2.08. The standard InChI is InChI=1S/C7H7F3N2/c1-3-6(11)5(8)4(2-12-3)7(9)10/h2,7H,11H2,1H3. The van der Waals surface area contributed by atoms with E-state index in [9.17, 15) is 13.2 Å². The van der Waals surface area contributed by atoms with Crippen molar-refractivity contribution in [1.82, 2.24) is 4.98 Å². The lowest BCUT2D eigenvalue weighted by Crippen LogP contribution is -2.02. The summed E-state index contributed by atoms with van der Waals surface area (Å²) in [5, 5.41) is 0. The minimum Gasteiger partial charge on any atom is -0.395 e. The molecule has 66 valence electrons. The van der Waals surface area contributed by atoms with E-state index in [4.69, 9.17) is 5.73 Å². The second kappa shape index (κ2) is 3.00. The van der Waals surface area contributed by atoms with Crippen LogP contribution < -0.4 is 5.73 Å². The molecule has 0 radical (unpaired) electrons. The van der Waals surface area contributed by atoms with E-state index < -0.39 is 17.8 Å². The summed E-state index contributed by atoms with van der Waals surface area (Å²) in [5.41, 5.74) is 4.30. The molecule has 0 aliphatic heterocycles. The molecule has 0 amide bonds. The summed E-state index contributed by atoms with van der Waals surface area (Å²) >= 11 is 0. The van der Waals surface area contributed by atoms with Crippen LogP contribution in [0.5, 0.6) is 0 Å². The third-order valence-corrected chi connectivity index (χ3v) is 1.51. The molecule has 0 fully saturated rings. The number of nitrogens with two attached hydrogens (primary N) is 1. The first kappa shape index (κ1) is 8.83. The van der Waals surface area contributed by atoms with Crippen molar-refractivity contribution in [2.24, 2.45) is 0 Å². The van der Waals surface area contributed by atoms with E-state index >= 15 is 0 Å². The molecule has 0 aliphatic carbocycles. The molecule has 1 aromatic heterocycles. The molecule has 0 bridgehead atoms. The third kappa shape index (κ3) is 1.34. The summed E-state index contributed by atoms with van der Waals surface area (Å²) in [4.78, 5) is 3.52. The van der Waals surface area contributed by atoms with Gasteiger partial charge in [-0.05, 0) is 6.92 Å². The normalized spacial score (nSPS) is 10.8. The number of hydrogen-bond acceptors (Lipinski definition) is 2. The van der Waals surface area contributed by atoms with Gasteiger partial charge in [-0.2, -0.15) is 0 Å². The highest BCUT2D eigenvalue weighted by Gasteiger charge is 2.16. The van der Waals surface area contributed by atoms with Crippen LogP contribution in [0.4, 0.5) is 18.9 Å². The van der Waals surface area contributed by atoms with Crippen LogP contribution >= 0.6 is 0 Å². The number of anilines is 1. The van der Waals surface area contributed by atoms with Crippen molar-refractivity contribution < 1.29 is 13.2 Å². The number of nitrogens with zero attached hydrogens (tertiary/aromatic N) is 1. The van der Waals surface area contributed by atoms with Crippen LogP contribution in [-0.2, 0) is 0 Å². The first-order chi connectivity index (χ1) is 5.54. The van der Waals surface area contributed by atoms with Gasteiger partial charge in [-0.25, -0.2) is 13.2 Å². The molecule has 0 unspecified atom stereocenters. The van der Waals surface area contributed by atoms with Gasteiger partial charge in [0.05, 0.1) is 16.9 Å². The summed E-state index contributed by atoms with van der Waals surface area (Å²) in [6.45, 7) is 1.45. The van der Waals surface area contributed by atoms with Crippen molar-refractivity contribution in [3.05, 3.63) is 23.3 Å². The van der Waals surface area contributed by atoms with Crippen molar-refractivity contribution in [3.63, 3.8) is 0 Å². The van der Waals surface area contributed by atoms with Gasteiger partial charge in [0.15, 0.2) is 5.82 Å². The predicted octanol–water partition coefficient (Wildman–Crippen LogP) is 2.05. The molecule has 12 heavy (non-hydrogen) atoms. The highest BCUT2D eigenvalue weighted by Crippen LogP contribution is 2.25. The lowest BCUT2D eigenvalue weighted by Gasteiger charge is -2.05. The van der Waals surface area contributed by atoms with Gasteiger partial charge >= 0.3 is 0 Å². The van der Waals surface area contributed by atoms with Gasteiger partial charge < -0.3 is 5.73 Å². The van der Waals surface area contributed by atoms with Crippen LogP contribution in [0.15, 0.2) is 6.20 Å². The van der Waals surface area contributed by atoms with Crippen LogP contribution in [-0.4, -0.2) is 4.98 Å². The third-order valence-electron chi connectivity index (χ3n) is 1.51. The fraction of sp³-hybridized carbons (Fsp3) is 0.286. The molecular weight excluding hydrogens is 169 g/mol. The van der Waals surface area contributed by atoms with Crippen molar-refractivity contribution >= 4 is 5.69 Å². The highest BCUT2D eigenvalue weighted by molar-refractivity contribution is 5.46. The molecule has 5 heteroatoms. The molecule has 0 saturated heterocycles. The summed E-state index contributed by atoms with van der Waals surface area (Å²) in [5.74, 6) is -1.07. The molecule has 0 aliphatic rings. The maximum Gasteiger partial charge on any atom is 0.268 e. The van der Waals surface area contributed by atoms with Gasteiger partial charge in [-0.3, -0.25) is 4.98 Å². The fourth-order valence-corrected chi connectivity index (χ4v) is 0.759. The zero-order chi connectivity index (χ0) is 9.30. The first-order valence-electron chi connectivity index (χ1n) is 3.22. The van der Waals surface area contributed by atoms with E-state index in [0.29, 0.717) is 0 Å². The molecule has 0 aromatic carbocycles. The molecular formula is C7H7F3N2. The Morgan fingerprint density at radius 3 is 2.58 bits per heavy atom. The predicted molar refractivity (Wildman–Crippen MR) is 38.3 cm³/mol. The van der Waals surface area contributed by atoms with E-state index in [1.807, 2.05) is 0 Å². The molecule has 0 spiro atoms. The molecule has 0 atom stereocenters. The summed E-state index contributed by atoms with van der Waals surface area (Å²) in [7, 11) is 0. The monoisotopic (exact) mass is 176 g/mol. The SMILES string of the molecule is Cc1ncc(C(F)F)c(F)c1N. The minimum absolute atomic E-state index is 0.219. The van der Waals surface area contributed by atoms with Crippen LogP contribution in [0.1, 0.15) is 17.7 Å². The average Bonchev–Trinajstić information content (AvgIpc) is 2.00. The number of aromatic nitrogens is 1. The highest BCUT2D eigenvalue weighted by atomic mass is 19.3. The second-order valence-corrected chi connectivity index (χ2v) is 2.33. The first-order valence-corrected chi connectivity index (χ1v) is 3.22. The molecule has 1 aromatic rings. The van der Waals surface area contributed by atoms with Crippen LogP contribution in [0, 0.1) is 12.7 Å². The Kier molecular flexibility index (Phi) is 2.21. The number of halogens is 3. The maximum absolute atomic E-state index is 12.9. The Labute approximate surface area is 67.2 Å². The molecule has 2 N–H and O–H groups in total. The second-order valence-electron chi connectivity index (χ2n) is 2.33. The number of rotatable bonds is 1. The van der Waals surface area contributed by atoms with Gasteiger partial charge in [-0.15, -0.1) is 0 Å². The quantitative estimate of drug-likeness (QED) is 0.711. The summed E-state index contributed by atoms with van der Waals surface area (Å²) in [6, 6.07) is 0. The fourth-order valence-electron chi connectivity index (χ4n) is 0.759. The smallest absolute Gasteiger partial charge is 0.268 e. The number of nitrogen functional groups attached to an aromatic ring is 1. The van der Waals surface area contributed by atoms with Crippen molar-refractivity contribution in [2.75, 3.05) is 5.73 Å². The number of hydrogen-bond donors (Lipinski definition) is 1. The van der Waals surface area contributed by atoms with Gasteiger partial charge in [0.2, 0.25) is 0 Å². The van der Waals surface area contributed by atoms with Gasteiger partial charge in [-0.1, -0.05) is 0 Å². The topological polar surface area (TPSA) is 38.9 Å². The van der Waals surface area contributed by atoms with E-state index in [1.165, 1.54) is 6.92 Å². The Morgan fingerprint density at radius 2 is 2.08 bits per heavy atom.